The van der Waals surface area contributed by atoms with Gasteiger partial charge in [-0.05, 0) is 78.7 Å². The Morgan fingerprint density at radius 2 is 1.82 bits per heavy atom. The molecule has 1 fully saturated rings. The van der Waals surface area contributed by atoms with E-state index in [0.717, 1.165) is 64.9 Å². The van der Waals surface area contributed by atoms with Crippen LogP contribution in [0.4, 0.5) is 0 Å². The number of hydrogen-bond donors (Lipinski definition) is 1. The highest BCUT2D eigenvalue weighted by molar-refractivity contribution is 5.77. The van der Waals surface area contributed by atoms with E-state index < -0.39 is 0 Å². The summed E-state index contributed by atoms with van der Waals surface area (Å²) >= 11 is 0. The number of methoxy groups -OCH3 is 1. The van der Waals surface area contributed by atoms with Crippen LogP contribution in [-0.4, -0.2) is 51.0 Å². The van der Waals surface area contributed by atoms with Crippen molar-refractivity contribution in [1.82, 2.24) is 10.2 Å². The van der Waals surface area contributed by atoms with Crippen molar-refractivity contribution in [3.05, 3.63) is 71.8 Å². The lowest BCUT2D eigenvalue weighted by Gasteiger charge is -2.31. The van der Waals surface area contributed by atoms with Crippen LogP contribution in [0.2, 0.25) is 0 Å². The van der Waals surface area contributed by atoms with E-state index in [4.69, 9.17) is 18.9 Å². The molecule has 2 aliphatic heterocycles. The highest BCUT2D eigenvalue weighted by atomic mass is 16.7. The van der Waals surface area contributed by atoms with E-state index >= 15 is 0 Å². The van der Waals surface area contributed by atoms with Crippen LogP contribution in [0.1, 0.15) is 30.9 Å². The molecule has 1 N–H and O–H groups in total. The Labute approximate surface area is 224 Å². The van der Waals surface area contributed by atoms with Crippen molar-refractivity contribution in [2.24, 2.45) is 5.92 Å². The Balaban J connectivity index is 1.25. The van der Waals surface area contributed by atoms with E-state index in [1.807, 2.05) is 54.6 Å². The number of hydrogen-bond acceptors (Lipinski definition) is 6. The fourth-order valence-corrected chi connectivity index (χ4v) is 5.21. The smallest absolute Gasteiger partial charge is 0.257 e. The molecule has 0 spiro atoms. The molecule has 0 saturated carbocycles. The standard InChI is InChI=1S/C31H36N2O5/c1-22-6-5-15-33(18-22)19-26-16-24(25-10-12-29-30(17-25)38-21-37-29)9-11-28(26)36-20-31(34)32-14-13-23-7-3-4-8-27(23)35-2/h3-4,7-12,16-17,22H,5-6,13-15,18-21H2,1-2H3,(H,32,34)/t22-/m1/s1. The van der Waals surface area contributed by atoms with Gasteiger partial charge in [0.15, 0.2) is 18.1 Å². The SMILES string of the molecule is COc1ccccc1CCNC(=O)COc1ccc(-c2ccc3c(c2)OCO3)cc1CN1CCC[C@@H](C)C1. The van der Waals surface area contributed by atoms with Gasteiger partial charge in [-0.1, -0.05) is 37.3 Å². The van der Waals surface area contributed by atoms with Crippen molar-refractivity contribution in [3.63, 3.8) is 0 Å². The number of carbonyl (C=O) groups excluding carboxylic acids is 1. The molecule has 3 aromatic rings. The number of fused-ring (bicyclic) bond motifs is 1. The predicted octanol–water partition coefficient (Wildman–Crippen LogP) is 5.06. The average molecular weight is 517 g/mol. The fraction of sp³-hybridized carbons (Fsp3) is 0.387. The van der Waals surface area contributed by atoms with Crippen LogP contribution in [0.15, 0.2) is 60.7 Å². The highest BCUT2D eigenvalue weighted by Gasteiger charge is 2.20. The molecule has 200 valence electrons. The summed E-state index contributed by atoms with van der Waals surface area (Å²) < 4.78 is 22.5. The molecule has 1 atom stereocenters. The molecular formula is C31H36N2O5. The Bertz CT molecular complexity index is 1260. The quantitative estimate of drug-likeness (QED) is 0.406. The molecule has 7 nitrogen and oxygen atoms in total. The maximum Gasteiger partial charge on any atom is 0.257 e. The number of piperidine rings is 1. The molecule has 2 heterocycles. The summed E-state index contributed by atoms with van der Waals surface area (Å²) in [5, 5.41) is 2.96. The fourth-order valence-electron chi connectivity index (χ4n) is 5.21. The minimum absolute atomic E-state index is 0.0291. The molecule has 1 saturated heterocycles. The van der Waals surface area contributed by atoms with Crippen molar-refractivity contribution in [2.45, 2.75) is 32.7 Å². The summed E-state index contributed by atoms with van der Waals surface area (Å²) in [6.07, 6.45) is 3.16. The van der Waals surface area contributed by atoms with Crippen LogP contribution < -0.4 is 24.3 Å². The lowest BCUT2D eigenvalue weighted by atomic mass is 9.98. The maximum atomic E-state index is 12.6. The third-order valence-corrected chi connectivity index (χ3v) is 7.17. The Hall–Kier alpha value is -3.71. The minimum atomic E-state index is -0.141. The van der Waals surface area contributed by atoms with Gasteiger partial charge in [-0.3, -0.25) is 9.69 Å². The van der Waals surface area contributed by atoms with Crippen molar-refractivity contribution < 1.29 is 23.7 Å². The second kappa shape index (κ2) is 12.2. The summed E-state index contributed by atoms with van der Waals surface area (Å²) in [5.74, 6) is 3.65. The topological polar surface area (TPSA) is 69.3 Å². The van der Waals surface area contributed by atoms with Gasteiger partial charge < -0.3 is 24.3 Å². The van der Waals surface area contributed by atoms with E-state index in [1.165, 1.54) is 12.8 Å². The lowest BCUT2D eigenvalue weighted by Crippen LogP contribution is -2.34. The largest absolute Gasteiger partial charge is 0.496 e. The van der Waals surface area contributed by atoms with Crippen LogP contribution in [0.5, 0.6) is 23.0 Å². The zero-order chi connectivity index (χ0) is 26.3. The second-order valence-corrected chi connectivity index (χ2v) is 10.1. The minimum Gasteiger partial charge on any atom is -0.496 e. The van der Waals surface area contributed by atoms with Gasteiger partial charge in [0, 0.05) is 25.2 Å². The van der Waals surface area contributed by atoms with Crippen LogP contribution >= 0.6 is 0 Å². The molecule has 0 aromatic heterocycles. The van der Waals surface area contributed by atoms with Crippen LogP contribution in [-0.2, 0) is 17.8 Å². The lowest BCUT2D eigenvalue weighted by molar-refractivity contribution is -0.123. The number of nitrogens with zero attached hydrogens (tertiary/aromatic N) is 1. The summed E-state index contributed by atoms with van der Waals surface area (Å²) in [6, 6.07) is 20.0. The first kappa shape index (κ1) is 25.9. The number of carbonyl (C=O) groups is 1. The van der Waals surface area contributed by atoms with Gasteiger partial charge >= 0.3 is 0 Å². The first-order valence-corrected chi connectivity index (χ1v) is 13.4. The van der Waals surface area contributed by atoms with Gasteiger partial charge in [-0.15, -0.1) is 0 Å². The monoisotopic (exact) mass is 516 g/mol. The van der Waals surface area contributed by atoms with E-state index in [0.29, 0.717) is 18.9 Å². The first-order chi connectivity index (χ1) is 18.6. The summed E-state index contributed by atoms with van der Waals surface area (Å²) in [7, 11) is 1.66. The molecule has 38 heavy (non-hydrogen) atoms. The molecule has 3 aromatic carbocycles. The van der Waals surface area contributed by atoms with Crippen LogP contribution in [0, 0.1) is 5.92 Å². The number of ether oxygens (including phenoxy) is 4. The van der Waals surface area contributed by atoms with E-state index in [9.17, 15) is 4.79 Å². The van der Waals surface area contributed by atoms with E-state index in [1.54, 1.807) is 7.11 Å². The van der Waals surface area contributed by atoms with Gasteiger partial charge in [-0.25, -0.2) is 0 Å². The Morgan fingerprint density at radius 1 is 1.00 bits per heavy atom. The van der Waals surface area contributed by atoms with Crippen molar-refractivity contribution in [1.29, 1.82) is 0 Å². The predicted molar refractivity (Wildman–Crippen MR) is 147 cm³/mol. The number of likely N-dealkylation sites (tertiary alicyclic amines) is 1. The Kier molecular flexibility index (Phi) is 8.34. The van der Waals surface area contributed by atoms with Gasteiger partial charge in [0.2, 0.25) is 6.79 Å². The molecule has 0 radical (unpaired) electrons. The second-order valence-electron chi connectivity index (χ2n) is 10.1. The van der Waals surface area contributed by atoms with Gasteiger partial charge in [0.1, 0.15) is 11.5 Å². The number of rotatable bonds is 10. The molecule has 7 heteroatoms. The highest BCUT2D eigenvalue weighted by Crippen LogP contribution is 2.37. The summed E-state index contributed by atoms with van der Waals surface area (Å²) in [5.41, 5.74) is 4.28. The zero-order valence-corrected chi connectivity index (χ0v) is 22.2. The third kappa shape index (κ3) is 6.40. The molecule has 0 aliphatic carbocycles. The molecule has 2 aliphatic rings. The van der Waals surface area contributed by atoms with Gasteiger partial charge in [-0.2, -0.15) is 0 Å². The van der Waals surface area contributed by atoms with Gasteiger partial charge in [0.25, 0.3) is 5.91 Å². The molecule has 0 unspecified atom stereocenters. The number of nitrogens with one attached hydrogen (secondary N) is 1. The molecule has 5 rings (SSSR count). The van der Waals surface area contributed by atoms with Crippen molar-refractivity contribution in [3.8, 4) is 34.1 Å². The normalized spacial score (nSPS) is 16.7. The van der Waals surface area contributed by atoms with E-state index in [-0.39, 0.29) is 19.3 Å². The molecule has 0 bridgehead atoms. The Morgan fingerprint density at radius 3 is 2.68 bits per heavy atom. The van der Waals surface area contributed by atoms with Gasteiger partial charge in [0.05, 0.1) is 7.11 Å². The molecule has 1 amide bonds. The molecular weight excluding hydrogens is 480 g/mol. The van der Waals surface area contributed by atoms with Crippen molar-refractivity contribution >= 4 is 5.91 Å². The third-order valence-electron chi connectivity index (χ3n) is 7.17. The first-order valence-electron chi connectivity index (χ1n) is 13.4. The summed E-state index contributed by atoms with van der Waals surface area (Å²) in [4.78, 5) is 15.1. The summed E-state index contributed by atoms with van der Waals surface area (Å²) in [6.45, 7) is 5.97. The van der Waals surface area contributed by atoms with E-state index in [2.05, 4.69) is 23.2 Å². The average Bonchev–Trinajstić information content (AvgIpc) is 3.41. The number of benzene rings is 3. The van der Waals surface area contributed by atoms with Crippen LogP contribution in [0.3, 0.4) is 0 Å². The number of para-hydroxylation sites is 1. The maximum absolute atomic E-state index is 12.6. The number of amides is 1. The zero-order valence-electron chi connectivity index (χ0n) is 22.2. The van der Waals surface area contributed by atoms with Crippen LogP contribution in [0.25, 0.3) is 11.1 Å². The van der Waals surface area contributed by atoms with Crippen molar-refractivity contribution in [2.75, 3.05) is 40.1 Å².